The van der Waals surface area contributed by atoms with E-state index in [9.17, 15) is 14.7 Å². The number of amides is 1. The maximum atomic E-state index is 12.5. The Morgan fingerprint density at radius 2 is 2.25 bits per heavy atom. The van der Waals surface area contributed by atoms with E-state index >= 15 is 0 Å². The first-order chi connectivity index (χ1) is 11.6. The predicted octanol–water partition coefficient (Wildman–Crippen LogP) is 1.42. The van der Waals surface area contributed by atoms with Gasteiger partial charge >= 0.3 is 5.97 Å². The number of carboxylic acids is 1. The molecule has 2 atom stereocenters. The van der Waals surface area contributed by atoms with Gasteiger partial charge in [-0.2, -0.15) is 5.10 Å². The van der Waals surface area contributed by atoms with Gasteiger partial charge in [0, 0.05) is 44.2 Å². The molecule has 0 bridgehead atoms. The lowest BCUT2D eigenvalue weighted by Gasteiger charge is -2.39. The number of carbonyl (C=O) groups excluding carboxylic acids is 1. The first-order valence-corrected chi connectivity index (χ1v) is 7.96. The molecule has 1 fully saturated rings. The summed E-state index contributed by atoms with van der Waals surface area (Å²) in [5, 5.41) is 13.7. The van der Waals surface area contributed by atoms with Crippen molar-refractivity contribution in [2.24, 2.45) is 13.0 Å². The topological polar surface area (TPSA) is 88.3 Å². The fourth-order valence-electron chi connectivity index (χ4n) is 3.28. The van der Waals surface area contributed by atoms with E-state index in [1.54, 1.807) is 41.4 Å². The zero-order valence-corrected chi connectivity index (χ0v) is 13.5. The second-order valence-corrected chi connectivity index (χ2v) is 6.07. The van der Waals surface area contributed by atoms with E-state index in [4.69, 9.17) is 0 Å². The van der Waals surface area contributed by atoms with E-state index < -0.39 is 17.9 Å². The van der Waals surface area contributed by atoms with Crippen LogP contribution in [0.3, 0.4) is 0 Å². The van der Waals surface area contributed by atoms with Crippen LogP contribution in [-0.4, -0.2) is 43.2 Å². The molecule has 0 saturated carbocycles. The Labute approximate surface area is 139 Å². The summed E-state index contributed by atoms with van der Waals surface area (Å²) < 4.78 is 1.63. The van der Waals surface area contributed by atoms with Crippen molar-refractivity contribution in [3.8, 4) is 0 Å². The maximum Gasteiger partial charge on any atom is 0.308 e. The number of piperidine rings is 1. The molecule has 2 aromatic rings. The summed E-state index contributed by atoms with van der Waals surface area (Å²) in [6.45, 7) is 0.466. The van der Waals surface area contributed by atoms with E-state index in [0.717, 1.165) is 11.1 Å². The van der Waals surface area contributed by atoms with Gasteiger partial charge in [-0.25, -0.2) is 0 Å². The lowest BCUT2D eigenvalue weighted by molar-refractivity contribution is -0.152. The molecule has 0 unspecified atom stereocenters. The molecular weight excluding hydrogens is 308 g/mol. The Morgan fingerprint density at radius 1 is 1.42 bits per heavy atom. The minimum Gasteiger partial charge on any atom is -0.481 e. The number of hydrogen-bond donors (Lipinski definition) is 1. The minimum atomic E-state index is -0.872. The summed E-state index contributed by atoms with van der Waals surface area (Å²) in [5.41, 5.74) is 1.79. The molecule has 1 aliphatic heterocycles. The Hall–Kier alpha value is -2.70. The number of hydrogen-bond acceptors (Lipinski definition) is 4. The van der Waals surface area contributed by atoms with Gasteiger partial charge in [-0.3, -0.25) is 19.3 Å². The zero-order valence-electron chi connectivity index (χ0n) is 13.5. The Balaban J connectivity index is 1.86. The van der Waals surface area contributed by atoms with Crippen molar-refractivity contribution >= 4 is 11.9 Å². The fraction of sp³-hybridized carbons (Fsp3) is 0.412. The smallest absolute Gasteiger partial charge is 0.308 e. The molecule has 1 amide bonds. The monoisotopic (exact) mass is 328 g/mol. The molecule has 1 saturated heterocycles. The molecule has 3 rings (SSSR count). The molecule has 24 heavy (non-hydrogen) atoms. The van der Waals surface area contributed by atoms with E-state index in [0.29, 0.717) is 19.4 Å². The highest BCUT2D eigenvalue weighted by Crippen LogP contribution is 2.36. The number of rotatable bonds is 5. The lowest BCUT2D eigenvalue weighted by atomic mass is 9.85. The van der Waals surface area contributed by atoms with Crippen molar-refractivity contribution in [3.05, 3.63) is 48.0 Å². The van der Waals surface area contributed by atoms with Gasteiger partial charge in [-0.05, 0) is 24.5 Å². The number of pyridine rings is 1. The highest BCUT2D eigenvalue weighted by Gasteiger charge is 2.41. The van der Waals surface area contributed by atoms with Crippen molar-refractivity contribution < 1.29 is 14.7 Å². The van der Waals surface area contributed by atoms with Crippen LogP contribution in [0.2, 0.25) is 0 Å². The van der Waals surface area contributed by atoms with E-state index in [-0.39, 0.29) is 12.3 Å². The number of aryl methyl sites for hydroxylation is 1. The van der Waals surface area contributed by atoms with Crippen LogP contribution in [-0.2, 0) is 23.1 Å². The van der Waals surface area contributed by atoms with Gasteiger partial charge in [0.25, 0.3) is 0 Å². The first kappa shape index (κ1) is 16.2. The largest absolute Gasteiger partial charge is 0.481 e. The van der Waals surface area contributed by atoms with Crippen molar-refractivity contribution in [3.63, 3.8) is 0 Å². The van der Waals surface area contributed by atoms with Gasteiger partial charge < -0.3 is 10.0 Å². The number of carbonyl (C=O) groups is 2. The second kappa shape index (κ2) is 6.82. The first-order valence-electron chi connectivity index (χ1n) is 7.96. The van der Waals surface area contributed by atoms with E-state index in [1.165, 1.54) is 0 Å². The number of aromatic nitrogens is 3. The average Bonchev–Trinajstić information content (AvgIpc) is 3.00. The number of carboxylic acid groups (broad SMARTS) is 1. The molecule has 7 nitrogen and oxygen atoms in total. The molecule has 126 valence electrons. The number of aliphatic carboxylic acids is 1. The van der Waals surface area contributed by atoms with Gasteiger partial charge in [0.15, 0.2) is 0 Å². The van der Waals surface area contributed by atoms with E-state index in [2.05, 4.69) is 10.1 Å². The van der Waals surface area contributed by atoms with Crippen LogP contribution in [0.15, 0.2) is 36.9 Å². The van der Waals surface area contributed by atoms with Gasteiger partial charge in [0.2, 0.25) is 5.91 Å². The predicted molar refractivity (Wildman–Crippen MR) is 86.0 cm³/mol. The molecule has 1 aliphatic rings. The van der Waals surface area contributed by atoms with Crippen LogP contribution in [0.1, 0.15) is 30.0 Å². The molecule has 0 aliphatic carbocycles. The van der Waals surface area contributed by atoms with Gasteiger partial charge in [-0.1, -0.05) is 6.07 Å². The SMILES string of the molecule is Cn1cc([C@@H]2[C@@H](C(=O)O)CCC(=O)N2CCc2cccnc2)cn1. The third-order valence-corrected chi connectivity index (χ3v) is 4.45. The molecule has 7 heteroatoms. The summed E-state index contributed by atoms with van der Waals surface area (Å²) in [6.07, 6.45) is 8.17. The quantitative estimate of drug-likeness (QED) is 0.897. The third kappa shape index (κ3) is 3.29. The molecule has 0 aromatic carbocycles. The number of nitrogens with zero attached hydrogens (tertiary/aromatic N) is 4. The summed E-state index contributed by atoms with van der Waals surface area (Å²) in [5.74, 6) is -1.49. The lowest BCUT2D eigenvalue weighted by Crippen LogP contribution is -2.46. The Bertz CT molecular complexity index is 728. The summed E-state index contributed by atoms with van der Waals surface area (Å²) in [7, 11) is 1.78. The van der Waals surface area contributed by atoms with Crippen molar-refractivity contribution in [2.75, 3.05) is 6.54 Å². The van der Waals surface area contributed by atoms with Gasteiger partial charge in [0.1, 0.15) is 0 Å². The fourth-order valence-corrected chi connectivity index (χ4v) is 3.28. The second-order valence-electron chi connectivity index (χ2n) is 6.07. The average molecular weight is 328 g/mol. The standard InChI is InChI=1S/C17H20N4O3/c1-20-11-13(10-19-20)16-14(17(23)24)4-5-15(22)21(16)8-6-12-3-2-7-18-9-12/h2-3,7,9-11,14,16H,4-6,8H2,1H3,(H,23,24)/t14-,16+/m0/s1. The molecule has 1 N–H and O–H groups in total. The van der Waals surface area contributed by atoms with Crippen LogP contribution in [0, 0.1) is 5.92 Å². The highest BCUT2D eigenvalue weighted by atomic mass is 16.4. The normalized spacial score (nSPS) is 21.0. The van der Waals surface area contributed by atoms with Crippen molar-refractivity contribution in [1.29, 1.82) is 0 Å². The number of likely N-dealkylation sites (tertiary alicyclic amines) is 1. The minimum absolute atomic E-state index is 0.00903. The Morgan fingerprint density at radius 3 is 2.88 bits per heavy atom. The maximum absolute atomic E-state index is 12.5. The molecule has 2 aromatic heterocycles. The molecule has 0 radical (unpaired) electrons. The van der Waals surface area contributed by atoms with Crippen molar-refractivity contribution in [1.82, 2.24) is 19.7 Å². The molecule has 3 heterocycles. The van der Waals surface area contributed by atoms with Crippen LogP contribution < -0.4 is 0 Å². The summed E-state index contributed by atoms with van der Waals surface area (Å²) in [6, 6.07) is 3.33. The highest BCUT2D eigenvalue weighted by molar-refractivity contribution is 5.81. The summed E-state index contributed by atoms with van der Waals surface area (Å²) >= 11 is 0. The van der Waals surface area contributed by atoms with Crippen LogP contribution in [0.5, 0.6) is 0 Å². The zero-order chi connectivity index (χ0) is 17.1. The Kier molecular flexibility index (Phi) is 4.59. The molecular formula is C17H20N4O3. The van der Waals surface area contributed by atoms with Crippen LogP contribution in [0.25, 0.3) is 0 Å². The van der Waals surface area contributed by atoms with Crippen LogP contribution >= 0.6 is 0 Å². The molecule has 0 spiro atoms. The van der Waals surface area contributed by atoms with Crippen molar-refractivity contribution in [2.45, 2.75) is 25.3 Å². The van der Waals surface area contributed by atoms with Gasteiger partial charge in [-0.15, -0.1) is 0 Å². The van der Waals surface area contributed by atoms with Crippen LogP contribution in [0.4, 0.5) is 0 Å². The van der Waals surface area contributed by atoms with Gasteiger partial charge in [0.05, 0.1) is 18.2 Å². The third-order valence-electron chi connectivity index (χ3n) is 4.45. The van der Waals surface area contributed by atoms with E-state index in [1.807, 2.05) is 12.1 Å². The summed E-state index contributed by atoms with van der Waals surface area (Å²) in [4.78, 5) is 29.9.